The van der Waals surface area contributed by atoms with Crippen molar-refractivity contribution in [3.63, 3.8) is 0 Å². The fourth-order valence-electron chi connectivity index (χ4n) is 0.185. The number of rotatable bonds is 1. The molecule has 0 aromatic rings. The van der Waals surface area contributed by atoms with Gasteiger partial charge in [0.05, 0.1) is 5.70 Å². The Morgan fingerprint density at radius 1 is 1.86 bits per heavy atom. The highest BCUT2D eigenvalue weighted by Gasteiger charge is 1.85. The predicted molar refractivity (Wildman–Crippen MR) is 29.7 cm³/mol. The molecule has 0 aliphatic heterocycles. The van der Waals surface area contributed by atoms with E-state index in [1.807, 2.05) is 0 Å². The van der Waals surface area contributed by atoms with Gasteiger partial charge in [-0.1, -0.05) is 6.58 Å². The molecule has 2 nitrogen and oxygen atoms in total. The van der Waals surface area contributed by atoms with E-state index >= 15 is 0 Å². The van der Waals surface area contributed by atoms with Crippen LogP contribution < -0.4 is 5.73 Å². The van der Waals surface area contributed by atoms with Crippen molar-refractivity contribution < 1.29 is 5.11 Å². The molecule has 0 aromatic heterocycles. The summed E-state index contributed by atoms with van der Waals surface area (Å²) in [6.45, 7) is 4.97. The standard InChI is InChI=1S/C5H9NO/c1-3-5(7)4(2)6/h3,7H,2,6H2,1H3/b5-3+. The van der Waals surface area contributed by atoms with Gasteiger partial charge in [0.2, 0.25) is 0 Å². The number of hydrogen-bond acceptors (Lipinski definition) is 2. The molecule has 7 heavy (non-hydrogen) atoms. The Morgan fingerprint density at radius 3 is 2.29 bits per heavy atom. The van der Waals surface area contributed by atoms with Crippen LogP contribution in [0.4, 0.5) is 0 Å². The molecule has 0 aromatic carbocycles. The summed E-state index contributed by atoms with van der Waals surface area (Å²) in [6.07, 6.45) is 1.49. The number of allylic oxidation sites excluding steroid dienone is 1. The highest BCUT2D eigenvalue weighted by molar-refractivity contribution is 5.15. The Kier molecular flexibility index (Phi) is 1.99. The molecule has 0 spiro atoms. The van der Waals surface area contributed by atoms with Crippen molar-refractivity contribution in [2.45, 2.75) is 6.92 Å². The van der Waals surface area contributed by atoms with Crippen molar-refractivity contribution in [1.82, 2.24) is 0 Å². The zero-order valence-corrected chi connectivity index (χ0v) is 4.31. The smallest absolute Gasteiger partial charge is 0.133 e. The largest absolute Gasteiger partial charge is 0.506 e. The Hall–Kier alpha value is -0.920. The summed E-state index contributed by atoms with van der Waals surface area (Å²) in [6, 6.07) is 0. The van der Waals surface area contributed by atoms with Gasteiger partial charge in [-0.05, 0) is 13.0 Å². The fourth-order valence-corrected chi connectivity index (χ4v) is 0.185. The van der Waals surface area contributed by atoms with Gasteiger partial charge in [-0.3, -0.25) is 0 Å². The van der Waals surface area contributed by atoms with Crippen LogP contribution in [-0.4, -0.2) is 5.11 Å². The molecule has 3 N–H and O–H groups in total. The first kappa shape index (κ1) is 6.08. The summed E-state index contributed by atoms with van der Waals surface area (Å²) in [7, 11) is 0. The maximum Gasteiger partial charge on any atom is 0.133 e. The number of aliphatic hydroxyl groups excluding tert-OH is 1. The van der Waals surface area contributed by atoms with E-state index in [0.717, 1.165) is 0 Å². The summed E-state index contributed by atoms with van der Waals surface area (Å²) in [5.41, 5.74) is 5.24. The molecule has 0 heterocycles. The van der Waals surface area contributed by atoms with E-state index in [9.17, 15) is 0 Å². The van der Waals surface area contributed by atoms with E-state index in [4.69, 9.17) is 10.8 Å². The quantitative estimate of drug-likeness (QED) is 0.379. The van der Waals surface area contributed by atoms with Gasteiger partial charge in [-0.2, -0.15) is 0 Å². The Morgan fingerprint density at radius 2 is 2.29 bits per heavy atom. The maximum atomic E-state index is 8.57. The first-order valence-electron chi connectivity index (χ1n) is 1.98. The van der Waals surface area contributed by atoms with Crippen LogP contribution >= 0.6 is 0 Å². The van der Waals surface area contributed by atoms with Gasteiger partial charge >= 0.3 is 0 Å². The Labute approximate surface area is 43.0 Å². The summed E-state index contributed by atoms with van der Waals surface area (Å²) in [5.74, 6) is 0.0556. The van der Waals surface area contributed by atoms with Crippen LogP contribution in [0.2, 0.25) is 0 Å². The van der Waals surface area contributed by atoms with Crippen molar-refractivity contribution in [2.75, 3.05) is 0 Å². The molecule has 0 aliphatic carbocycles. The highest BCUT2D eigenvalue weighted by atomic mass is 16.3. The van der Waals surface area contributed by atoms with Crippen LogP contribution in [0.25, 0.3) is 0 Å². The second-order valence-electron chi connectivity index (χ2n) is 1.20. The molecule has 0 rings (SSSR count). The average Bonchev–Trinajstić information content (AvgIpc) is 1.65. The normalized spacial score (nSPS) is 11.3. The predicted octanol–water partition coefficient (Wildman–Crippen LogP) is 0.921. The minimum Gasteiger partial charge on any atom is -0.506 e. The molecule has 0 saturated heterocycles. The summed E-state index contributed by atoms with van der Waals surface area (Å²) in [4.78, 5) is 0. The molecular weight excluding hydrogens is 90.1 g/mol. The van der Waals surface area contributed by atoms with Crippen molar-refractivity contribution >= 4 is 0 Å². The van der Waals surface area contributed by atoms with Gasteiger partial charge in [0.25, 0.3) is 0 Å². The van der Waals surface area contributed by atoms with E-state index in [2.05, 4.69) is 6.58 Å². The topological polar surface area (TPSA) is 46.2 Å². The van der Waals surface area contributed by atoms with Crippen molar-refractivity contribution in [3.05, 3.63) is 24.1 Å². The number of nitrogens with two attached hydrogens (primary N) is 1. The second kappa shape index (κ2) is 2.29. The third-order valence-electron chi connectivity index (χ3n) is 0.602. The average molecular weight is 99.1 g/mol. The molecule has 0 atom stereocenters. The zero-order chi connectivity index (χ0) is 5.86. The molecule has 40 valence electrons. The van der Waals surface area contributed by atoms with Gasteiger partial charge in [0.1, 0.15) is 5.76 Å². The first-order valence-corrected chi connectivity index (χ1v) is 1.98. The lowest BCUT2D eigenvalue weighted by atomic mass is 10.4. The molecule has 0 amide bonds. The van der Waals surface area contributed by atoms with Gasteiger partial charge < -0.3 is 10.8 Å². The second-order valence-corrected chi connectivity index (χ2v) is 1.20. The fraction of sp³-hybridized carbons (Fsp3) is 0.200. The minimum absolute atomic E-state index is 0.0556. The highest BCUT2D eigenvalue weighted by Crippen LogP contribution is 1.92. The Bertz CT molecular complexity index is 105. The third kappa shape index (κ3) is 1.87. The molecule has 0 unspecified atom stereocenters. The van der Waals surface area contributed by atoms with Crippen LogP contribution in [0.1, 0.15) is 6.92 Å². The lowest BCUT2D eigenvalue weighted by Crippen LogP contribution is -1.96. The van der Waals surface area contributed by atoms with Crippen molar-refractivity contribution in [1.29, 1.82) is 0 Å². The van der Waals surface area contributed by atoms with Gasteiger partial charge in [0, 0.05) is 0 Å². The van der Waals surface area contributed by atoms with Crippen LogP contribution in [0.15, 0.2) is 24.1 Å². The van der Waals surface area contributed by atoms with E-state index in [1.165, 1.54) is 6.08 Å². The lowest BCUT2D eigenvalue weighted by molar-refractivity contribution is 0.421. The van der Waals surface area contributed by atoms with Crippen LogP contribution in [-0.2, 0) is 0 Å². The molecule has 0 fully saturated rings. The molecule has 0 saturated carbocycles. The van der Waals surface area contributed by atoms with Crippen molar-refractivity contribution in [3.8, 4) is 0 Å². The lowest BCUT2D eigenvalue weighted by Gasteiger charge is -1.91. The van der Waals surface area contributed by atoms with E-state index in [0.29, 0.717) is 0 Å². The number of aliphatic hydroxyl groups is 1. The van der Waals surface area contributed by atoms with Crippen LogP contribution in [0, 0.1) is 0 Å². The molecule has 0 bridgehead atoms. The minimum atomic E-state index is 0.0556. The maximum absolute atomic E-state index is 8.57. The summed E-state index contributed by atoms with van der Waals surface area (Å²) >= 11 is 0. The summed E-state index contributed by atoms with van der Waals surface area (Å²) in [5, 5.41) is 8.57. The van der Waals surface area contributed by atoms with E-state index < -0.39 is 0 Å². The van der Waals surface area contributed by atoms with Gasteiger partial charge in [-0.15, -0.1) is 0 Å². The van der Waals surface area contributed by atoms with Crippen LogP contribution in [0.3, 0.4) is 0 Å². The van der Waals surface area contributed by atoms with Crippen molar-refractivity contribution in [2.24, 2.45) is 5.73 Å². The van der Waals surface area contributed by atoms with E-state index in [-0.39, 0.29) is 11.5 Å². The van der Waals surface area contributed by atoms with Crippen LogP contribution in [0.5, 0.6) is 0 Å². The monoisotopic (exact) mass is 99.1 g/mol. The SMILES string of the molecule is C=C(N)/C(O)=C\C. The molecule has 0 aliphatic rings. The molecular formula is C5H9NO. The first-order chi connectivity index (χ1) is 3.18. The molecule has 2 heteroatoms. The van der Waals surface area contributed by atoms with Gasteiger partial charge in [0.15, 0.2) is 0 Å². The third-order valence-corrected chi connectivity index (χ3v) is 0.602. The molecule has 0 radical (unpaired) electrons. The summed E-state index contributed by atoms with van der Waals surface area (Å²) < 4.78 is 0. The Balaban J connectivity index is 3.82. The number of hydrogen-bond donors (Lipinski definition) is 2. The van der Waals surface area contributed by atoms with Gasteiger partial charge in [-0.25, -0.2) is 0 Å². The zero-order valence-electron chi connectivity index (χ0n) is 4.31. The van der Waals surface area contributed by atoms with E-state index in [1.54, 1.807) is 6.92 Å².